The Kier molecular flexibility index (Phi) is 13.3. The second-order valence-electron chi connectivity index (χ2n) is 18.2. The molecule has 2 saturated carbocycles. The molecule has 2 aromatic rings. The van der Waals surface area contributed by atoms with Crippen LogP contribution in [0.1, 0.15) is 181 Å². The molecule has 4 fully saturated rings. The van der Waals surface area contributed by atoms with Crippen LogP contribution >= 0.6 is 0 Å². The second-order valence-corrected chi connectivity index (χ2v) is 18.2. The van der Waals surface area contributed by atoms with Crippen molar-refractivity contribution in [1.29, 1.82) is 0 Å². The maximum atomic E-state index is 12.5. The lowest BCUT2D eigenvalue weighted by atomic mass is 9.84. The highest BCUT2D eigenvalue weighted by molar-refractivity contribution is 5.74. The zero-order valence-electron chi connectivity index (χ0n) is 33.6. The number of amides is 4. The number of urea groups is 2. The molecule has 2 saturated heterocycles. The molecule has 2 aromatic carbocycles. The number of fused-ring (bicyclic) bond motifs is 10. The van der Waals surface area contributed by atoms with Crippen molar-refractivity contribution >= 4 is 12.1 Å². The minimum Gasteiger partial charge on any atom is -0.338 e. The van der Waals surface area contributed by atoms with Crippen LogP contribution in [0.15, 0.2) is 48.5 Å². The summed E-state index contributed by atoms with van der Waals surface area (Å²) in [5, 5.41) is 12.7. The minimum atomic E-state index is 0.0188. The predicted octanol–water partition coefficient (Wildman–Crippen LogP) is 10.00. The zero-order valence-corrected chi connectivity index (χ0v) is 33.6. The van der Waals surface area contributed by atoms with E-state index in [0.717, 1.165) is 76.3 Å². The molecule has 8 nitrogen and oxygen atoms in total. The fourth-order valence-electron chi connectivity index (χ4n) is 11.8. The number of carbonyl (C=O) groups is 2. The zero-order chi connectivity index (χ0) is 37.4. The first kappa shape index (κ1) is 38.8. The monoisotopic (exact) mass is 751 g/mol. The maximum absolute atomic E-state index is 12.5. The Bertz CT molecular complexity index is 1370. The molecule has 0 radical (unpaired) electrons. The van der Waals surface area contributed by atoms with Crippen molar-refractivity contribution in [3.05, 3.63) is 70.8 Å². The molecule has 4 N–H and O–H groups in total. The summed E-state index contributed by atoms with van der Waals surface area (Å²) in [7, 11) is 0. The molecule has 8 rings (SSSR count). The third-order valence-corrected chi connectivity index (χ3v) is 14.8. The molecule has 6 aliphatic rings. The van der Waals surface area contributed by atoms with Gasteiger partial charge in [0.15, 0.2) is 0 Å². The van der Waals surface area contributed by atoms with Crippen molar-refractivity contribution in [2.24, 2.45) is 11.8 Å². The van der Waals surface area contributed by atoms with E-state index < -0.39 is 0 Å². The highest BCUT2D eigenvalue weighted by Crippen LogP contribution is 2.54. The third kappa shape index (κ3) is 9.55. The van der Waals surface area contributed by atoms with E-state index in [-0.39, 0.29) is 12.1 Å². The first-order chi connectivity index (χ1) is 27.1. The Hall–Kier alpha value is -3.10. The number of hydrogen-bond donors (Lipinski definition) is 4. The molecule has 4 heterocycles. The lowest BCUT2D eigenvalue weighted by molar-refractivity contribution is 0.185. The Labute approximate surface area is 331 Å². The van der Waals surface area contributed by atoms with E-state index in [0.29, 0.717) is 36.3 Å². The number of hydrogen-bond acceptors (Lipinski definition) is 4. The first-order valence-electron chi connectivity index (χ1n) is 22.9. The van der Waals surface area contributed by atoms with Crippen LogP contribution in [0.5, 0.6) is 0 Å². The van der Waals surface area contributed by atoms with Crippen LogP contribution in [0.3, 0.4) is 0 Å². The predicted molar refractivity (Wildman–Crippen MR) is 222 cm³/mol. The van der Waals surface area contributed by atoms with Crippen LogP contribution in [-0.2, 0) is 0 Å². The maximum Gasteiger partial charge on any atom is 0.315 e. The van der Waals surface area contributed by atoms with Gasteiger partial charge in [-0.3, -0.25) is 9.80 Å². The van der Waals surface area contributed by atoms with Gasteiger partial charge in [-0.05, 0) is 150 Å². The number of unbranched alkanes of at least 4 members (excludes halogenated alkanes) is 6. The Balaban J connectivity index is 0.578. The van der Waals surface area contributed by atoms with Gasteiger partial charge in [0, 0.05) is 49.3 Å². The molecule has 2 aliphatic carbocycles. The Morgan fingerprint density at radius 2 is 0.782 bits per heavy atom. The van der Waals surface area contributed by atoms with Gasteiger partial charge in [-0.15, -0.1) is 0 Å². The topological polar surface area (TPSA) is 88.7 Å². The van der Waals surface area contributed by atoms with E-state index in [4.69, 9.17) is 0 Å². The molecule has 4 amide bonds. The smallest absolute Gasteiger partial charge is 0.315 e. The van der Waals surface area contributed by atoms with Crippen molar-refractivity contribution in [3.63, 3.8) is 0 Å². The van der Waals surface area contributed by atoms with Crippen LogP contribution in [0.4, 0.5) is 9.59 Å². The molecule has 4 bridgehead atoms. The molecule has 55 heavy (non-hydrogen) atoms. The molecule has 0 aromatic heterocycles. The van der Waals surface area contributed by atoms with Crippen molar-refractivity contribution < 1.29 is 9.59 Å². The van der Waals surface area contributed by atoms with Gasteiger partial charge in [0.2, 0.25) is 0 Å². The highest BCUT2D eigenvalue weighted by Gasteiger charge is 2.44. The molecular formula is C47H70N6O2. The number of carbonyl (C=O) groups excluding carboxylic acids is 2. The van der Waals surface area contributed by atoms with Gasteiger partial charge in [-0.1, -0.05) is 80.6 Å². The lowest BCUT2D eigenvalue weighted by Crippen LogP contribution is -2.44. The van der Waals surface area contributed by atoms with Crippen LogP contribution in [0.2, 0.25) is 0 Å². The molecule has 8 heteroatoms. The van der Waals surface area contributed by atoms with Gasteiger partial charge in [0.25, 0.3) is 0 Å². The van der Waals surface area contributed by atoms with Gasteiger partial charge >= 0.3 is 12.1 Å². The van der Waals surface area contributed by atoms with Gasteiger partial charge < -0.3 is 21.3 Å². The molecular weight excluding hydrogens is 681 g/mol. The summed E-state index contributed by atoms with van der Waals surface area (Å²) in [6, 6.07) is 21.5. The van der Waals surface area contributed by atoms with Crippen LogP contribution in [0, 0.1) is 11.8 Å². The normalized spacial score (nSPS) is 29.5. The lowest BCUT2D eigenvalue weighted by Gasteiger charge is -2.31. The quantitative estimate of drug-likeness (QED) is 0.114. The van der Waals surface area contributed by atoms with E-state index in [1.54, 1.807) is 22.3 Å². The summed E-state index contributed by atoms with van der Waals surface area (Å²) >= 11 is 0. The van der Waals surface area contributed by atoms with E-state index in [9.17, 15) is 9.59 Å². The number of rotatable bonds is 18. The van der Waals surface area contributed by atoms with E-state index in [1.807, 2.05) is 0 Å². The van der Waals surface area contributed by atoms with Gasteiger partial charge in [0.1, 0.15) is 0 Å². The largest absolute Gasteiger partial charge is 0.338 e. The molecule has 0 spiro atoms. The molecule has 4 unspecified atom stereocenters. The Morgan fingerprint density at radius 1 is 0.455 bits per heavy atom. The highest BCUT2D eigenvalue weighted by atomic mass is 16.2. The van der Waals surface area contributed by atoms with E-state index in [1.165, 1.54) is 96.6 Å². The third-order valence-electron chi connectivity index (χ3n) is 14.8. The van der Waals surface area contributed by atoms with Crippen molar-refractivity contribution in [2.75, 3.05) is 26.2 Å². The summed E-state index contributed by atoms with van der Waals surface area (Å²) in [5.74, 6) is 1.59. The minimum absolute atomic E-state index is 0.0188. The van der Waals surface area contributed by atoms with E-state index in [2.05, 4.69) is 79.6 Å². The second kappa shape index (κ2) is 18.9. The molecule has 4 atom stereocenters. The molecule has 4 aliphatic heterocycles. The summed E-state index contributed by atoms with van der Waals surface area (Å²) < 4.78 is 0. The van der Waals surface area contributed by atoms with Gasteiger partial charge in [-0.2, -0.15) is 0 Å². The fraction of sp³-hybridized carbons (Fsp3) is 0.702. The van der Waals surface area contributed by atoms with Gasteiger partial charge in [0.05, 0.1) is 0 Å². The summed E-state index contributed by atoms with van der Waals surface area (Å²) in [5.41, 5.74) is 6.35. The molecule has 300 valence electrons. The number of nitrogens with one attached hydrogen (secondary N) is 4. The average Bonchev–Trinajstić information content (AvgIpc) is 3.98. The van der Waals surface area contributed by atoms with Crippen molar-refractivity contribution in [3.8, 4) is 0 Å². The summed E-state index contributed by atoms with van der Waals surface area (Å²) in [4.78, 5) is 30.6. The van der Waals surface area contributed by atoms with Crippen molar-refractivity contribution in [2.45, 2.75) is 171 Å². The summed E-state index contributed by atoms with van der Waals surface area (Å²) in [6.45, 7) is 3.97. The fourth-order valence-corrected chi connectivity index (χ4v) is 11.8. The van der Waals surface area contributed by atoms with Crippen LogP contribution < -0.4 is 21.3 Å². The van der Waals surface area contributed by atoms with Gasteiger partial charge in [-0.25, -0.2) is 9.59 Å². The summed E-state index contributed by atoms with van der Waals surface area (Å²) in [6.07, 6.45) is 25.3. The van der Waals surface area contributed by atoms with Crippen molar-refractivity contribution in [1.82, 2.24) is 31.1 Å². The first-order valence-corrected chi connectivity index (χ1v) is 22.9. The Morgan fingerprint density at radius 3 is 1.13 bits per heavy atom. The number of benzene rings is 2. The SMILES string of the molecule is O=C(NCCCCCCCCCNC(=O)NC1CCC(CCN2C3CCC2c2ccccc23)CC1)NC1CCC(CCN2C3CCC2c2ccccc23)CC1. The van der Waals surface area contributed by atoms with E-state index >= 15 is 0 Å². The number of nitrogens with zero attached hydrogens (tertiary/aromatic N) is 2. The average molecular weight is 751 g/mol. The van der Waals surface area contributed by atoms with Crippen LogP contribution in [-0.4, -0.2) is 60.1 Å². The van der Waals surface area contributed by atoms with Crippen LogP contribution in [0.25, 0.3) is 0 Å². The standard InChI is InChI=1S/C47H70N6O2/c54-46(50-36-20-16-34(17-21-36)28-32-52-42-24-25-43(52)39-13-7-6-12-38(39)42)48-30-10-4-2-1-3-5-11-31-49-47(55)51-37-22-18-35(19-23-37)29-33-53-44-26-27-45(53)41-15-9-8-14-40(41)44/h6-9,12-15,34-37,42-45H,1-5,10-11,16-33H2,(H2,48,50,54)(H2,49,51,55).